The molecule has 1 unspecified atom stereocenters. The van der Waals surface area contributed by atoms with Gasteiger partial charge in [-0.3, -0.25) is 9.69 Å². The lowest BCUT2D eigenvalue weighted by Gasteiger charge is -2.33. The summed E-state index contributed by atoms with van der Waals surface area (Å²) in [6.45, 7) is 3.00. The first-order chi connectivity index (χ1) is 9.72. The number of nitrogens with zero attached hydrogens (tertiary/aromatic N) is 1. The molecule has 1 aromatic rings. The van der Waals surface area contributed by atoms with E-state index in [1.54, 1.807) is 12.1 Å². The molecule has 1 atom stereocenters. The molecule has 1 aliphatic rings. The Kier molecular flexibility index (Phi) is 5.82. The number of benzene rings is 1. The van der Waals surface area contributed by atoms with E-state index in [4.69, 9.17) is 4.74 Å². The Bertz CT molecular complexity index is 453. The van der Waals surface area contributed by atoms with Gasteiger partial charge < -0.3 is 10.1 Å². The molecule has 2 rings (SSSR count). The van der Waals surface area contributed by atoms with Crippen molar-refractivity contribution in [3.63, 3.8) is 0 Å². The Morgan fingerprint density at radius 1 is 1.45 bits per heavy atom. The monoisotopic (exact) mass is 298 g/mol. The third kappa shape index (κ3) is 3.94. The summed E-state index contributed by atoms with van der Waals surface area (Å²) in [5.41, 5.74) is 0.670. The van der Waals surface area contributed by atoms with Gasteiger partial charge >= 0.3 is 0 Å². The van der Waals surface area contributed by atoms with Crippen LogP contribution in [-0.4, -0.2) is 49.4 Å². The minimum absolute atomic E-state index is 0.119. The second-order valence-electron chi connectivity index (χ2n) is 4.62. The van der Waals surface area contributed by atoms with Gasteiger partial charge in [0.05, 0.1) is 13.2 Å². The van der Waals surface area contributed by atoms with Gasteiger partial charge in [-0.25, -0.2) is 4.39 Å². The van der Waals surface area contributed by atoms with Crippen LogP contribution in [0.2, 0.25) is 0 Å². The van der Waals surface area contributed by atoms with Crippen LogP contribution < -0.4 is 5.32 Å². The molecule has 1 amide bonds. The molecular formula is C14H19FN2O2S. The van der Waals surface area contributed by atoms with Crippen LogP contribution in [-0.2, 0) is 9.53 Å². The van der Waals surface area contributed by atoms with Gasteiger partial charge in [0.2, 0.25) is 5.91 Å². The average Bonchev–Trinajstić information content (AvgIpc) is 2.46. The molecule has 0 aromatic heterocycles. The number of rotatable bonds is 5. The summed E-state index contributed by atoms with van der Waals surface area (Å²) in [5, 5.41) is 2.83. The molecule has 0 aliphatic carbocycles. The third-order valence-electron chi connectivity index (χ3n) is 3.23. The second-order valence-corrected chi connectivity index (χ2v) is 5.07. The van der Waals surface area contributed by atoms with Gasteiger partial charge in [-0.2, -0.15) is 12.6 Å². The summed E-state index contributed by atoms with van der Waals surface area (Å²) in [6.07, 6.45) is 0. The summed E-state index contributed by atoms with van der Waals surface area (Å²) < 4.78 is 18.7. The van der Waals surface area contributed by atoms with Gasteiger partial charge in [0.15, 0.2) is 0 Å². The minimum Gasteiger partial charge on any atom is -0.379 e. The molecule has 0 spiro atoms. The lowest BCUT2D eigenvalue weighted by atomic mass is 10.0. The van der Waals surface area contributed by atoms with Crippen molar-refractivity contribution in [1.82, 2.24) is 10.2 Å². The number of halogens is 1. The first-order valence-corrected chi connectivity index (χ1v) is 7.31. The number of nitrogens with one attached hydrogen (secondary N) is 1. The molecule has 0 bridgehead atoms. The van der Waals surface area contributed by atoms with Gasteiger partial charge in [-0.15, -0.1) is 0 Å². The molecule has 1 fully saturated rings. The van der Waals surface area contributed by atoms with Crippen LogP contribution in [0.5, 0.6) is 0 Å². The van der Waals surface area contributed by atoms with E-state index in [0.29, 0.717) is 44.2 Å². The van der Waals surface area contributed by atoms with E-state index in [9.17, 15) is 9.18 Å². The smallest absolute Gasteiger partial charge is 0.241 e. The number of hydrogen-bond acceptors (Lipinski definition) is 4. The number of hydrogen-bond donors (Lipinski definition) is 2. The van der Waals surface area contributed by atoms with E-state index in [0.717, 1.165) is 0 Å². The van der Waals surface area contributed by atoms with Crippen LogP contribution in [0, 0.1) is 5.82 Å². The first-order valence-electron chi connectivity index (χ1n) is 6.68. The van der Waals surface area contributed by atoms with Crippen molar-refractivity contribution >= 4 is 18.5 Å². The van der Waals surface area contributed by atoms with Crippen LogP contribution >= 0.6 is 12.6 Å². The zero-order chi connectivity index (χ0) is 14.4. The standard InChI is InChI=1S/C14H19FN2O2S/c15-12-3-1-2-11(10-12)13(14(18)16-4-9-20)17-5-7-19-8-6-17/h1-3,10,13,20H,4-9H2,(H,16,18). The van der Waals surface area contributed by atoms with Gasteiger partial charge in [0.25, 0.3) is 0 Å². The maximum atomic E-state index is 13.4. The Morgan fingerprint density at radius 3 is 2.85 bits per heavy atom. The fourth-order valence-electron chi connectivity index (χ4n) is 2.32. The third-order valence-corrected chi connectivity index (χ3v) is 3.46. The van der Waals surface area contributed by atoms with Crippen LogP contribution in [0.4, 0.5) is 4.39 Å². The lowest BCUT2D eigenvalue weighted by Crippen LogP contribution is -2.46. The van der Waals surface area contributed by atoms with Crippen LogP contribution in [0.15, 0.2) is 24.3 Å². The van der Waals surface area contributed by atoms with Crippen molar-refractivity contribution in [3.05, 3.63) is 35.6 Å². The minimum atomic E-state index is -0.477. The lowest BCUT2D eigenvalue weighted by molar-refractivity contribution is -0.128. The summed E-state index contributed by atoms with van der Waals surface area (Å²) in [6, 6.07) is 5.73. The van der Waals surface area contributed by atoms with Crippen molar-refractivity contribution in [2.24, 2.45) is 0 Å². The molecule has 1 aromatic carbocycles. The number of carbonyl (C=O) groups excluding carboxylic acids is 1. The number of ether oxygens (including phenoxy) is 1. The molecule has 110 valence electrons. The Labute approximate surface area is 123 Å². The van der Waals surface area contributed by atoms with Gasteiger partial charge in [0.1, 0.15) is 11.9 Å². The SMILES string of the molecule is O=C(NCCS)C(c1cccc(F)c1)N1CCOCC1. The number of carbonyl (C=O) groups is 1. The maximum absolute atomic E-state index is 13.4. The Morgan fingerprint density at radius 2 is 2.20 bits per heavy atom. The van der Waals surface area contributed by atoms with Crippen LogP contribution in [0.3, 0.4) is 0 Å². The number of morpholine rings is 1. The Balaban J connectivity index is 2.20. The summed E-state index contributed by atoms with van der Waals surface area (Å²) in [7, 11) is 0. The van der Waals surface area contributed by atoms with E-state index in [2.05, 4.69) is 17.9 Å². The molecular weight excluding hydrogens is 279 g/mol. The van der Waals surface area contributed by atoms with E-state index in [1.165, 1.54) is 12.1 Å². The highest BCUT2D eigenvalue weighted by atomic mass is 32.1. The molecule has 1 heterocycles. The number of thiol groups is 1. The van der Waals surface area contributed by atoms with Crippen molar-refractivity contribution in [1.29, 1.82) is 0 Å². The van der Waals surface area contributed by atoms with Crippen LogP contribution in [0.1, 0.15) is 11.6 Å². The van der Waals surface area contributed by atoms with E-state index >= 15 is 0 Å². The molecule has 4 nitrogen and oxygen atoms in total. The van der Waals surface area contributed by atoms with E-state index in [1.807, 2.05) is 4.90 Å². The molecule has 0 saturated carbocycles. The quantitative estimate of drug-likeness (QED) is 0.804. The zero-order valence-corrected chi connectivity index (χ0v) is 12.1. The summed E-state index contributed by atoms with van der Waals surface area (Å²) >= 11 is 4.09. The first kappa shape index (κ1) is 15.3. The van der Waals surface area contributed by atoms with E-state index < -0.39 is 6.04 Å². The molecule has 1 N–H and O–H groups in total. The maximum Gasteiger partial charge on any atom is 0.241 e. The van der Waals surface area contributed by atoms with E-state index in [-0.39, 0.29) is 11.7 Å². The van der Waals surface area contributed by atoms with Gasteiger partial charge in [-0.1, -0.05) is 12.1 Å². The molecule has 0 radical (unpaired) electrons. The highest BCUT2D eigenvalue weighted by Gasteiger charge is 2.28. The Hall–Kier alpha value is -1.11. The second kappa shape index (κ2) is 7.61. The molecule has 6 heteroatoms. The fraction of sp³-hybridized carbons (Fsp3) is 0.500. The van der Waals surface area contributed by atoms with Gasteiger partial charge in [-0.05, 0) is 17.7 Å². The zero-order valence-electron chi connectivity index (χ0n) is 11.2. The summed E-state index contributed by atoms with van der Waals surface area (Å²) in [5.74, 6) is 0.124. The highest BCUT2D eigenvalue weighted by Crippen LogP contribution is 2.22. The summed E-state index contributed by atoms with van der Waals surface area (Å²) in [4.78, 5) is 14.4. The predicted octanol–water partition coefficient (Wildman–Crippen LogP) is 1.24. The molecule has 20 heavy (non-hydrogen) atoms. The van der Waals surface area contributed by atoms with Crippen molar-refractivity contribution < 1.29 is 13.9 Å². The van der Waals surface area contributed by atoms with Gasteiger partial charge in [0, 0.05) is 25.4 Å². The number of amides is 1. The predicted molar refractivity (Wildman–Crippen MR) is 78.4 cm³/mol. The largest absolute Gasteiger partial charge is 0.379 e. The van der Waals surface area contributed by atoms with Crippen molar-refractivity contribution in [3.8, 4) is 0 Å². The normalized spacial score (nSPS) is 17.7. The fourth-order valence-corrected chi connectivity index (χ4v) is 2.43. The highest BCUT2D eigenvalue weighted by molar-refractivity contribution is 7.80. The molecule has 1 saturated heterocycles. The van der Waals surface area contributed by atoms with Crippen molar-refractivity contribution in [2.45, 2.75) is 6.04 Å². The topological polar surface area (TPSA) is 41.6 Å². The van der Waals surface area contributed by atoms with Crippen LogP contribution in [0.25, 0.3) is 0 Å². The average molecular weight is 298 g/mol. The molecule has 1 aliphatic heterocycles. The van der Waals surface area contributed by atoms with Crippen molar-refractivity contribution in [2.75, 3.05) is 38.6 Å².